The van der Waals surface area contributed by atoms with Crippen molar-refractivity contribution in [2.24, 2.45) is 5.92 Å². The summed E-state index contributed by atoms with van der Waals surface area (Å²) in [5, 5.41) is 12.5. The van der Waals surface area contributed by atoms with Crippen LogP contribution in [-0.2, 0) is 6.54 Å². The van der Waals surface area contributed by atoms with Crippen LogP contribution in [0.5, 0.6) is 0 Å². The second-order valence-electron chi connectivity index (χ2n) is 4.97. The molecule has 0 amide bonds. The topological polar surface area (TPSA) is 49.2 Å². The monoisotopic (exact) mass is 297 g/mol. The smallest absolute Gasteiger partial charge is 0.145 e. The second kappa shape index (κ2) is 5.71. The number of aliphatic hydroxyl groups excluding tert-OH is 1. The molecule has 1 fully saturated rings. The molecule has 1 atom stereocenters. The van der Waals surface area contributed by atoms with Crippen LogP contribution in [0.2, 0.25) is 5.15 Å². The fourth-order valence-electron chi connectivity index (χ4n) is 2.61. The van der Waals surface area contributed by atoms with Crippen LogP contribution in [0.4, 0.5) is 0 Å². The lowest BCUT2D eigenvalue weighted by atomic mass is 10.1. The summed E-state index contributed by atoms with van der Waals surface area (Å²) in [6.45, 7) is 3.09. The van der Waals surface area contributed by atoms with Crippen LogP contribution in [0.25, 0.3) is 10.2 Å². The summed E-state index contributed by atoms with van der Waals surface area (Å²) in [6.07, 6.45) is 2.04. The molecule has 102 valence electrons. The maximum Gasteiger partial charge on any atom is 0.145 e. The zero-order valence-corrected chi connectivity index (χ0v) is 12.1. The van der Waals surface area contributed by atoms with Crippen LogP contribution in [0.15, 0.2) is 11.4 Å². The van der Waals surface area contributed by atoms with E-state index in [-0.39, 0.29) is 6.61 Å². The summed E-state index contributed by atoms with van der Waals surface area (Å²) in [4.78, 5) is 12.2. The van der Waals surface area contributed by atoms with Gasteiger partial charge in [0.05, 0.1) is 6.54 Å². The molecule has 1 aliphatic heterocycles. The molecule has 0 saturated carbocycles. The predicted octanol–water partition coefficient (Wildman–Crippen LogP) is 2.55. The molecule has 1 saturated heterocycles. The van der Waals surface area contributed by atoms with Gasteiger partial charge in [0.2, 0.25) is 0 Å². The number of nitrogens with zero attached hydrogens (tertiary/aromatic N) is 3. The number of hydrogen-bond acceptors (Lipinski definition) is 5. The minimum atomic E-state index is 0.280. The highest BCUT2D eigenvalue weighted by atomic mass is 35.5. The third-order valence-electron chi connectivity index (χ3n) is 3.60. The van der Waals surface area contributed by atoms with E-state index in [2.05, 4.69) is 14.9 Å². The SMILES string of the molecule is OCCC1CCN(Cc2nc(Cl)c3ccsc3n2)C1. The van der Waals surface area contributed by atoms with E-state index < -0.39 is 0 Å². The summed E-state index contributed by atoms with van der Waals surface area (Å²) < 4.78 is 0. The first kappa shape index (κ1) is 13.2. The Kier molecular flexibility index (Phi) is 3.98. The third kappa shape index (κ3) is 2.89. The number of thiophene rings is 1. The maximum atomic E-state index is 8.97. The van der Waals surface area contributed by atoms with Gasteiger partial charge in [-0.05, 0) is 36.8 Å². The van der Waals surface area contributed by atoms with Crippen molar-refractivity contribution >= 4 is 33.2 Å². The molecule has 1 N–H and O–H groups in total. The van der Waals surface area contributed by atoms with Crippen LogP contribution in [0.1, 0.15) is 18.7 Å². The lowest BCUT2D eigenvalue weighted by Crippen LogP contribution is -2.21. The number of rotatable bonds is 4. The summed E-state index contributed by atoms with van der Waals surface area (Å²) in [5.41, 5.74) is 0. The van der Waals surface area contributed by atoms with Gasteiger partial charge in [-0.2, -0.15) is 0 Å². The summed E-state index contributed by atoms with van der Waals surface area (Å²) in [7, 11) is 0. The molecule has 4 nitrogen and oxygen atoms in total. The Hall–Kier alpha value is -0.750. The first-order valence-electron chi connectivity index (χ1n) is 6.49. The molecule has 6 heteroatoms. The Morgan fingerprint density at radius 2 is 2.37 bits per heavy atom. The van der Waals surface area contributed by atoms with Gasteiger partial charge < -0.3 is 5.11 Å². The first-order chi connectivity index (χ1) is 9.26. The van der Waals surface area contributed by atoms with Crippen molar-refractivity contribution < 1.29 is 5.11 Å². The molecule has 0 spiro atoms. The average Bonchev–Trinajstić information content (AvgIpc) is 2.99. The van der Waals surface area contributed by atoms with Gasteiger partial charge in [0.25, 0.3) is 0 Å². The number of aromatic nitrogens is 2. The molecule has 0 aliphatic carbocycles. The van der Waals surface area contributed by atoms with E-state index in [1.807, 2.05) is 11.4 Å². The molecule has 19 heavy (non-hydrogen) atoms. The van der Waals surface area contributed by atoms with Gasteiger partial charge in [0, 0.05) is 18.5 Å². The van der Waals surface area contributed by atoms with Gasteiger partial charge in [-0.15, -0.1) is 11.3 Å². The number of halogens is 1. The van der Waals surface area contributed by atoms with Crippen LogP contribution < -0.4 is 0 Å². The highest BCUT2D eigenvalue weighted by molar-refractivity contribution is 7.16. The molecule has 2 aromatic heterocycles. The average molecular weight is 298 g/mol. The van der Waals surface area contributed by atoms with Crippen molar-refractivity contribution in [1.29, 1.82) is 0 Å². The van der Waals surface area contributed by atoms with Crippen LogP contribution >= 0.6 is 22.9 Å². The highest BCUT2D eigenvalue weighted by Crippen LogP contribution is 2.26. The molecule has 0 aromatic carbocycles. The maximum absolute atomic E-state index is 8.97. The lowest BCUT2D eigenvalue weighted by Gasteiger charge is -2.14. The van der Waals surface area contributed by atoms with Crippen LogP contribution in [0, 0.1) is 5.92 Å². The molecule has 2 aromatic rings. The molecule has 1 unspecified atom stereocenters. The van der Waals surface area contributed by atoms with E-state index in [0.717, 1.165) is 48.5 Å². The van der Waals surface area contributed by atoms with Gasteiger partial charge in [0.15, 0.2) is 0 Å². The molecule has 3 rings (SSSR count). The van der Waals surface area contributed by atoms with Crippen molar-refractivity contribution in [1.82, 2.24) is 14.9 Å². The van der Waals surface area contributed by atoms with E-state index in [0.29, 0.717) is 11.1 Å². The third-order valence-corrected chi connectivity index (χ3v) is 4.69. The standard InChI is InChI=1S/C13H16ClN3OS/c14-12-10-3-6-19-13(10)16-11(15-12)8-17-4-1-9(7-17)2-5-18/h3,6,9,18H,1-2,4-5,7-8H2. The molecule has 0 bridgehead atoms. The summed E-state index contributed by atoms with van der Waals surface area (Å²) in [5.74, 6) is 1.40. The van der Waals surface area contributed by atoms with E-state index in [4.69, 9.17) is 16.7 Å². The zero-order chi connectivity index (χ0) is 13.2. The van der Waals surface area contributed by atoms with Gasteiger partial charge in [-0.1, -0.05) is 11.6 Å². The van der Waals surface area contributed by atoms with Gasteiger partial charge in [-0.25, -0.2) is 9.97 Å². The van der Waals surface area contributed by atoms with E-state index in [9.17, 15) is 0 Å². The predicted molar refractivity (Wildman–Crippen MR) is 77.5 cm³/mol. The van der Waals surface area contributed by atoms with Gasteiger partial charge >= 0.3 is 0 Å². The number of aliphatic hydroxyl groups is 1. The second-order valence-corrected chi connectivity index (χ2v) is 6.22. The fraction of sp³-hybridized carbons (Fsp3) is 0.538. The molecular formula is C13H16ClN3OS. The Balaban J connectivity index is 1.71. The highest BCUT2D eigenvalue weighted by Gasteiger charge is 2.22. The van der Waals surface area contributed by atoms with Crippen LogP contribution in [0.3, 0.4) is 0 Å². The van der Waals surface area contributed by atoms with Gasteiger partial charge in [-0.3, -0.25) is 4.90 Å². The minimum absolute atomic E-state index is 0.280. The molecule has 3 heterocycles. The Labute approximate surface area is 121 Å². The quantitative estimate of drug-likeness (QED) is 0.881. The molecule has 0 radical (unpaired) electrons. The van der Waals surface area contributed by atoms with E-state index >= 15 is 0 Å². The van der Waals surface area contributed by atoms with Crippen molar-refractivity contribution in [3.8, 4) is 0 Å². The van der Waals surface area contributed by atoms with Gasteiger partial charge in [0.1, 0.15) is 15.8 Å². The number of fused-ring (bicyclic) bond motifs is 1. The molecule has 1 aliphatic rings. The Morgan fingerprint density at radius 1 is 1.47 bits per heavy atom. The lowest BCUT2D eigenvalue weighted by molar-refractivity contribution is 0.248. The van der Waals surface area contributed by atoms with E-state index in [1.165, 1.54) is 0 Å². The summed E-state index contributed by atoms with van der Waals surface area (Å²) in [6, 6.07) is 1.96. The number of hydrogen-bond donors (Lipinski definition) is 1. The van der Waals surface area contributed by atoms with Crippen molar-refractivity contribution in [2.45, 2.75) is 19.4 Å². The van der Waals surface area contributed by atoms with Crippen molar-refractivity contribution in [3.63, 3.8) is 0 Å². The number of likely N-dealkylation sites (tertiary alicyclic amines) is 1. The minimum Gasteiger partial charge on any atom is -0.396 e. The van der Waals surface area contributed by atoms with Crippen molar-refractivity contribution in [3.05, 3.63) is 22.4 Å². The zero-order valence-electron chi connectivity index (χ0n) is 10.5. The Morgan fingerprint density at radius 3 is 3.21 bits per heavy atom. The summed E-state index contributed by atoms with van der Waals surface area (Å²) >= 11 is 7.77. The molecular weight excluding hydrogens is 282 g/mol. The van der Waals surface area contributed by atoms with Crippen molar-refractivity contribution in [2.75, 3.05) is 19.7 Å². The largest absolute Gasteiger partial charge is 0.396 e. The fourth-order valence-corrected chi connectivity index (χ4v) is 3.69. The Bertz CT molecular complexity index is 574. The normalized spacial score (nSPS) is 20.4. The van der Waals surface area contributed by atoms with Crippen LogP contribution in [-0.4, -0.2) is 39.7 Å². The first-order valence-corrected chi connectivity index (χ1v) is 7.75. The van der Waals surface area contributed by atoms with E-state index in [1.54, 1.807) is 11.3 Å².